The van der Waals surface area contributed by atoms with E-state index in [1.165, 1.54) is 6.07 Å². The van der Waals surface area contributed by atoms with Crippen LogP contribution in [0.25, 0.3) is 0 Å². The summed E-state index contributed by atoms with van der Waals surface area (Å²) in [6.07, 6.45) is 1.28. The fourth-order valence-electron chi connectivity index (χ4n) is 5.96. The molecule has 0 bridgehead atoms. The molecule has 0 aliphatic carbocycles. The molecule has 2 fully saturated rings. The first-order valence-electron chi connectivity index (χ1n) is 14.5. The Morgan fingerprint density at radius 3 is 2.34 bits per heavy atom. The van der Waals surface area contributed by atoms with Crippen molar-refractivity contribution in [3.05, 3.63) is 94.8 Å². The van der Waals surface area contributed by atoms with Gasteiger partial charge in [0.25, 0.3) is 5.91 Å². The van der Waals surface area contributed by atoms with Gasteiger partial charge >= 0.3 is 0 Å². The summed E-state index contributed by atoms with van der Waals surface area (Å²) < 4.78 is 20.5. The summed E-state index contributed by atoms with van der Waals surface area (Å²) in [7, 11) is 0. The topological polar surface area (TPSA) is 61.9 Å². The number of aryl methyl sites for hydroxylation is 1. The highest BCUT2D eigenvalue weighted by atomic mass is 19.1. The monoisotopic (exact) mass is 557 g/mol. The molecule has 0 aromatic heterocycles. The normalized spacial score (nSPS) is 19.6. The molecular weight excluding hydrogens is 517 g/mol. The number of halogens is 1. The molecule has 1 N–H and O–H groups in total. The highest BCUT2D eigenvalue weighted by Crippen LogP contribution is 2.39. The van der Waals surface area contributed by atoms with Crippen LogP contribution in [-0.2, 0) is 14.9 Å². The first kappa shape index (κ1) is 28.8. The number of piperidine rings is 1. The molecule has 2 aliphatic heterocycles. The van der Waals surface area contributed by atoms with E-state index in [4.69, 9.17) is 4.74 Å². The van der Waals surface area contributed by atoms with Gasteiger partial charge in [-0.2, -0.15) is 0 Å². The number of hydrogen-bond donors (Lipinski definition) is 1. The van der Waals surface area contributed by atoms with E-state index in [9.17, 15) is 14.0 Å². The third kappa shape index (κ3) is 6.30. The third-order valence-corrected chi connectivity index (χ3v) is 8.27. The van der Waals surface area contributed by atoms with Crippen LogP contribution in [0, 0.1) is 18.7 Å². The Labute approximate surface area is 242 Å². The lowest BCUT2D eigenvalue weighted by Crippen LogP contribution is -2.46. The van der Waals surface area contributed by atoms with E-state index in [1.807, 2.05) is 42.5 Å². The summed E-state index contributed by atoms with van der Waals surface area (Å²) in [6.45, 7) is 11.6. The second kappa shape index (κ2) is 12.0. The molecule has 41 heavy (non-hydrogen) atoms. The average Bonchev–Trinajstić information content (AvgIpc) is 2.97. The van der Waals surface area contributed by atoms with Gasteiger partial charge in [0.05, 0.1) is 30.7 Å². The quantitative estimate of drug-likeness (QED) is 0.389. The number of anilines is 2. The highest BCUT2D eigenvalue weighted by Gasteiger charge is 2.40. The number of carbonyl (C=O) groups excluding carboxylic acids is 2. The number of carbonyl (C=O) groups is 2. The van der Waals surface area contributed by atoms with E-state index in [-0.39, 0.29) is 22.8 Å². The predicted octanol–water partition coefficient (Wildman–Crippen LogP) is 6.50. The van der Waals surface area contributed by atoms with Crippen LogP contribution in [0.1, 0.15) is 66.7 Å². The van der Waals surface area contributed by atoms with Crippen molar-refractivity contribution in [1.82, 2.24) is 4.90 Å². The minimum Gasteiger partial charge on any atom is -0.378 e. The molecule has 2 aliphatic rings. The van der Waals surface area contributed by atoms with Crippen molar-refractivity contribution in [1.29, 1.82) is 0 Å². The van der Waals surface area contributed by atoms with Crippen LogP contribution in [0.5, 0.6) is 0 Å². The van der Waals surface area contributed by atoms with E-state index >= 15 is 0 Å². The van der Waals surface area contributed by atoms with Crippen LogP contribution in [0.3, 0.4) is 0 Å². The van der Waals surface area contributed by atoms with Crippen molar-refractivity contribution in [2.75, 3.05) is 43.1 Å². The predicted molar refractivity (Wildman–Crippen MR) is 161 cm³/mol. The molecule has 3 aromatic carbocycles. The number of nitrogens with one attached hydrogen (secondary N) is 1. The molecular formula is C34H40FN3O3. The average molecular weight is 558 g/mol. The summed E-state index contributed by atoms with van der Waals surface area (Å²) in [5, 5.41) is 3.14. The Morgan fingerprint density at radius 1 is 0.951 bits per heavy atom. The molecule has 216 valence electrons. The maximum Gasteiger partial charge on any atom is 0.257 e. The van der Waals surface area contributed by atoms with E-state index in [1.54, 1.807) is 24.0 Å². The van der Waals surface area contributed by atoms with Crippen molar-refractivity contribution in [3.8, 4) is 0 Å². The summed E-state index contributed by atoms with van der Waals surface area (Å²) in [6, 6.07) is 20.2. The molecule has 2 amide bonds. The van der Waals surface area contributed by atoms with Crippen LogP contribution in [0.2, 0.25) is 0 Å². The maximum atomic E-state index is 15.0. The van der Waals surface area contributed by atoms with E-state index in [0.29, 0.717) is 38.2 Å². The largest absolute Gasteiger partial charge is 0.378 e. The van der Waals surface area contributed by atoms with Gasteiger partial charge in [-0.15, -0.1) is 0 Å². The molecule has 3 aromatic rings. The second-order valence-corrected chi connectivity index (χ2v) is 12.1. The number of morpholine rings is 1. The molecule has 0 radical (unpaired) electrons. The molecule has 7 heteroatoms. The standard InChI is InChI=1S/C34H40FN3O3/c1-23-8-5-12-29(35)30(23)33(40)38-17-7-11-28(32(39)36-26-10-6-9-25(22-26)34(2,3)4)31(38)24-13-15-27(16-14-24)37-18-20-41-21-19-37/h5-6,8-10,12-16,22,28,31H,7,11,17-21H2,1-4H3,(H,36,39)/t28?,31-/m0/s1. The van der Waals surface area contributed by atoms with Gasteiger partial charge in [0.1, 0.15) is 5.82 Å². The number of nitrogens with zero attached hydrogens (tertiary/aromatic N) is 2. The Hall–Kier alpha value is -3.71. The lowest BCUT2D eigenvalue weighted by atomic mass is 9.83. The Kier molecular flexibility index (Phi) is 8.45. The summed E-state index contributed by atoms with van der Waals surface area (Å²) in [5.74, 6) is -1.55. The second-order valence-electron chi connectivity index (χ2n) is 12.1. The van der Waals surface area contributed by atoms with Crippen molar-refractivity contribution in [2.45, 2.75) is 52.0 Å². The van der Waals surface area contributed by atoms with Crippen LogP contribution in [0.4, 0.5) is 15.8 Å². The maximum absolute atomic E-state index is 15.0. The van der Waals surface area contributed by atoms with Gasteiger partial charge < -0.3 is 19.9 Å². The molecule has 6 nitrogen and oxygen atoms in total. The van der Waals surface area contributed by atoms with Gasteiger partial charge in [-0.25, -0.2) is 4.39 Å². The van der Waals surface area contributed by atoms with Gasteiger partial charge in [-0.05, 0) is 72.2 Å². The summed E-state index contributed by atoms with van der Waals surface area (Å²) in [5.41, 5.74) is 4.40. The SMILES string of the molecule is Cc1cccc(F)c1C(=O)N1CCCC(C(=O)Nc2cccc(C(C)(C)C)c2)[C@@H]1c1ccc(N2CCOCC2)cc1. The summed E-state index contributed by atoms with van der Waals surface area (Å²) >= 11 is 0. The number of hydrogen-bond acceptors (Lipinski definition) is 4. The third-order valence-electron chi connectivity index (χ3n) is 8.27. The van der Waals surface area contributed by atoms with Crippen molar-refractivity contribution in [2.24, 2.45) is 5.92 Å². The molecule has 2 saturated heterocycles. The first-order valence-corrected chi connectivity index (χ1v) is 14.5. The minimum absolute atomic E-state index is 0.0584. The first-order chi connectivity index (χ1) is 19.6. The zero-order chi connectivity index (χ0) is 29.1. The number of likely N-dealkylation sites (tertiary alicyclic amines) is 1. The van der Waals surface area contributed by atoms with Crippen molar-refractivity contribution < 1.29 is 18.7 Å². The number of benzene rings is 3. The number of amides is 2. The van der Waals surface area contributed by atoms with Crippen molar-refractivity contribution >= 4 is 23.2 Å². The number of ether oxygens (including phenoxy) is 1. The van der Waals surface area contributed by atoms with Crippen molar-refractivity contribution in [3.63, 3.8) is 0 Å². The van der Waals surface area contributed by atoms with Crippen LogP contribution in [0.15, 0.2) is 66.7 Å². The van der Waals surface area contributed by atoms with Crippen LogP contribution < -0.4 is 10.2 Å². The molecule has 0 spiro atoms. The fraction of sp³-hybridized carbons (Fsp3) is 0.412. The van der Waals surface area contributed by atoms with Gasteiger partial charge in [-0.1, -0.05) is 57.2 Å². The Morgan fingerprint density at radius 2 is 1.66 bits per heavy atom. The fourth-order valence-corrected chi connectivity index (χ4v) is 5.96. The highest BCUT2D eigenvalue weighted by molar-refractivity contribution is 5.98. The molecule has 1 unspecified atom stereocenters. The molecule has 5 rings (SSSR count). The van der Waals surface area contributed by atoms with E-state index in [2.05, 4.69) is 37.1 Å². The lowest BCUT2D eigenvalue weighted by Gasteiger charge is -2.41. The Balaban J connectivity index is 1.49. The molecule has 2 atom stereocenters. The smallest absolute Gasteiger partial charge is 0.257 e. The zero-order valence-corrected chi connectivity index (χ0v) is 24.5. The lowest BCUT2D eigenvalue weighted by molar-refractivity contribution is -0.123. The summed E-state index contributed by atoms with van der Waals surface area (Å²) in [4.78, 5) is 31.8. The van der Waals surface area contributed by atoms with Crippen LogP contribution in [-0.4, -0.2) is 49.6 Å². The van der Waals surface area contributed by atoms with Crippen LogP contribution >= 0.6 is 0 Å². The van der Waals surface area contributed by atoms with Gasteiger partial charge in [0.2, 0.25) is 5.91 Å². The molecule has 0 saturated carbocycles. The Bertz CT molecular complexity index is 1370. The van der Waals surface area contributed by atoms with E-state index in [0.717, 1.165) is 35.6 Å². The van der Waals surface area contributed by atoms with Gasteiger partial charge in [0.15, 0.2) is 0 Å². The zero-order valence-electron chi connectivity index (χ0n) is 24.5. The molecule has 2 heterocycles. The van der Waals surface area contributed by atoms with E-state index < -0.39 is 17.8 Å². The number of rotatable bonds is 5. The van der Waals surface area contributed by atoms with Gasteiger partial charge in [-0.3, -0.25) is 9.59 Å². The van der Waals surface area contributed by atoms with Gasteiger partial charge in [0, 0.05) is 31.0 Å². The minimum atomic E-state index is -0.540.